The Bertz CT molecular complexity index is 1070. The molecule has 166 valence electrons. The molecule has 32 heavy (non-hydrogen) atoms. The largest absolute Gasteiger partial charge is 0.394 e. The molecule has 3 rings (SSSR count). The molecule has 0 bridgehead atoms. The molecule has 0 aliphatic carbocycles. The van der Waals surface area contributed by atoms with E-state index in [2.05, 4.69) is 5.32 Å². The first-order chi connectivity index (χ1) is 15.4. The van der Waals surface area contributed by atoms with Crippen molar-refractivity contribution in [2.75, 3.05) is 6.61 Å². The van der Waals surface area contributed by atoms with Gasteiger partial charge in [-0.1, -0.05) is 42.5 Å². The van der Waals surface area contributed by atoms with Crippen LogP contribution < -0.4 is 11.1 Å². The van der Waals surface area contributed by atoms with Crippen LogP contribution in [0.2, 0.25) is 0 Å². The Labute approximate surface area is 184 Å². The van der Waals surface area contributed by atoms with Crippen LogP contribution >= 0.6 is 0 Å². The van der Waals surface area contributed by atoms with Gasteiger partial charge in [0.05, 0.1) is 18.6 Å². The fourth-order valence-electron chi connectivity index (χ4n) is 3.59. The van der Waals surface area contributed by atoms with Crippen molar-refractivity contribution in [2.45, 2.75) is 24.8 Å². The molecule has 0 heterocycles. The average Bonchev–Trinajstić information content (AvgIpc) is 2.79. The summed E-state index contributed by atoms with van der Waals surface area (Å²) in [5.41, 5.74) is 7.63. The van der Waals surface area contributed by atoms with Gasteiger partial charge in [-0.2, -0.15) is 0 Å². The number of aliphatic hydroxyl groups is 1. The molecule has 0 spiro atoms. The molecule has 0 saturated carbocycles. The number of hydrogen-bond donors (Lipinski definition) is 3. The van der Waals surface area contributed by atoms with Crippen molar-refractivity contribution >= 4 is 11.8 Å². The maximum absolute atomic E-state index is 13.3. The number of nitrogens with two attached hydrogens (primary N) is 1. The second-order valence-corrected chi connectivity index (χ2v) is 7.55. The zero-order chi connectivity index (χ0) is 23.1. The Morgan fingerprint density at radius 2 is 1.38 bits per heavy atom. The number of amides is 2. The van der Waals surface area contributed by atoms with E-state index in [0.29, 0.717) is 17.5 Å². The molecule has 0 unspecified atom stereocenters. The lowest BCUT2D eigenvalue weighted by Crippen LogP contribution is -2.42. The van der Waals surface area contributed by atoms with Gasteiger partial charge in [0.15, 0.2) is 0 Å². The van der Waals surface area contributed by atoms with Crippen molar-refractivity contribution in [1.29, 1.82) is 0 Å². The van der Waals surface area contributed by atoms with Crippen LogP contribution in [0.1, 0.15) is 33.0 Å². The molecule has 5 nitrogen and oxygen atoms in total. The number of nitrogens with one attached hydrogen (secondary N) is 1. The Morgan fingerprint density at radius 3 is 1.91 bits per heavy atom. The van der Waals surface area contributed by atoms with Crippen LogP contribution in [0.3, 0.4) is 0 Å². The van der Waals surface area contributed by atoms with Crippen LogP contribution in [0.4, 0.5) is 8.78 Å². The zero-order valence-corrected chi connectivity index (χ0v) is 17.3. The summed E-state index contributed by atoms with van der Waals surface area (Å²) in [4.78, 5) is 25.3. The van der Waals surface area contributed by atoms with Crippen LogP contribution in [0, 0.1) is 11.6 Å². The van der Waals surface area contributed by atoms with Gasteiger partial charge in [0.2, 0.25) is 11.8 Å². The molecular weight excluding hydrogens is 414 g/mol. The molecule has 0 aromatic heterocycles. The Kier molecular flexibility index (Phi) is 7.68. The molecule has 2 amide bonds. The van der Waals surface area contributed by atoms with Crippen molar-refractivity contribution in [3.8, 4) is 0 Å². The normalized spacial score (nSPS) is 12.7. The third kappa shape index (κ3) is 5.98. The van der Waals surface area contributed by atoms with E-state index in [0.717, 1.165) is 5.56 Å². The van der Waals surface area contributed by atoms with Gasteiger partial charge in [-0.25, -0.2) is 8.78 Å². The van der Waals surface area contributed by atoms with Crippen molar-refractivity contribution < 1.29 is 23.5 Å². The quantitative estimate of drug-likeness (QED) is 0.479. The predicted molar refractivity (Wildman–Crippen MR) is 117 cm³/mol. The van der Waals surface area contributed by atoms with Crippen LogP contribution in [-0.4, -0.2) is 29.6 Å². The number of halogens is 2. The number of primary amides is 1. The second kappa shape index (κ2) is 10.6. The SMILES string of the molecule is NC(=O)c1ccccc1[C@H](Cc1ccc(F)cc1)C(=O)N[C@H](CO)Cc1ccc(F)cc1. The maximum atomic E-state index is 13.3. The molecule has 0 aliphatic rings. The summed E-state index contributed by atoms with van der Waals surface area (Å²) < 4.78 is 26.5. The Hall–Kier alpha value is -3.58. The minimum atomic E-state index is -0.800. The van der Waals surface area contributed by atoms with Crippen LogP contribution in [0.25, 0.3) is 0 Å². The van der Waals surface area contributed by atoms with Gasteiger partial charge >= 0.3 is 0 Å². The van der Waals surface area contributed by atoms with E-state index in [4.69, 9.17) is 5.73 Å². The fraction of sp³-hybridized carbons (Fsp3) is 0.200. The maximum Gasteiger partial charge on any atom is 0.249 e. The summed E-state index contributed by atoms with van der Waals surface area (Å²) in [6, 6.07) is 17.5. The monoisotopic (exact) mass is 438 g/mol. The number of aliphatic hydroxyl groups excluding tert-OH is 1. The fourth-order valence-corrected chi connectivity index (χ4v) is 3.59. The minimum Gasteiger partial charge on any atom is -0.394 e. The first kappa shape index (κ1) is 23.1. The average molecular weight is 438 g/mol. The molecule has 7 heteroatoms. The first-order valence-electron chi connectivity index (χ1n) is 10.2. The van der Waals surface area contributed by atoms with E-state index in [-0.39, 0.29) is 24.4 Å². The standard InChI is InChI=1S/C25H24F2N2O3/c26-18-9-5-16(6-10-18)13-20(15-30)29-25(32)23(14-17-7-11-19(27)12-8-17)21-3-1-2-4-22(21)24(28)31/h1-12,20,23,30H,13-15H2,(H2,28,31)(H,29,32)/t20-,23-/m0/s1. The molecular formula is C25H24F2N2O3. The molecule has 3 aromatic rings. The highest BCUT2D eigenvalue weighted by Gasteiger charge is 2.27. The summed E-state index contributed by atoms with van der Waals surface area (Å²) in [5.74, 6) is -2.65. The lowest BCUT2D eigenvalue weighted by molar-refractivity contribution is -0.123. The third-order valence-electron chi connectivity index (χ3n) is 5.23. The summed E-state index contributed by atoms with van der Waals surface area (Å²) in [6.07, 6.45) is 0.494. The van der Waals surface area contributed by atoms with Crippen LogP contribution in [0.15, 0.2) is 72.8 Å². The van der Waals surface area contributed by atoms with Crippen LogP contribution in [-0.2, 0) is 17.6 Å². The second-order valence-electron chi connectivity index (χ2n) is 7.55. The number of rotatable bonds is 9. The first-order valence-corrected chi connectivity index (χ1v) is 10.2. The molecule has 0 fully saturated rings. The summed E-state index contributed by atoms with van der Waals surface area (Å²) in [5, 5.41) is 12.6. The Morgan fingerprint density at radius 1 is 0.844 bits per heavy atom. The molecule has 0 aliphatic heterocycles. The van der Waals surface area contributed by atoms with Gasteiger partial charge in [0, 0.05) is 5.56 Å². The van der Waals surface area contributed by atoms with Gasteiger partial charge in [0.1, 0.15) is 11.6 Å². The van der Waals surface area contributed by atoms with E-state index in [9.17, 15) is 23.5 Å². The molecule has 0 saturated heterocycles. The number of benzene rings is 3. The van der Waals surface area contributed by atoms with Crippen molar-refractivity contribution in [3.63, 3.8) is 0 Å². The Balaban J connectivity index is 1.87. The van der Waals surface area contributed by atoms with E-state index in [1.807, 2.05) is 0 Å². The highest BCUT2D eigenvalue weighted by molar-refractivity contribution is 5.97. The summed E-state index contributed by atoms with van der Waals surface area (Å²) in [7, 11) is 0. The van der Waals surface area contributed by atoms with Gasteiger partial charge < -0.3 is 16.2 Å². The highest BCUT2D eigenvalue weighted by Crippen LogP contribution is 2.25. The molecule has 0 radical (unpaired) electrons. The van der Waals surface area contributed by atoms with Gasteiger partial charge in [-0.05, 0) is 59.9 Å². The van der Waals surface area contributed by atoms with Crippen LogP contribution in [0.5, 0.6) is 0 Å². The van der Waals surface area contributed by atoms with E-state index < -0.39 is 29.6 Å². The highest BCUT2D eigenvalue weighted by atomic mass is 19.1. The lowest BCUT2D eigenvalue weighted by atomic mass is 9.87. The number of hydrogen-bond acceptors (Lipinski definition) is 3. The third-order valence-corrected chi connectivity index (χ3v) is 5.23. The van der Waals surface area contributed by atoms with E-state index in [1.54, 1.807) is 48.5 Å². The molecule has 4 N–H and O–H groups in total. The van der Waals surface area contributed by atoms with Crippen molar-refractivity contribution in [1.82, 2.24) is 5.32 Å². The topological polar surface area (TPSA) is 92.4 Å². The van der Waals surface area contributed by atoms with Gasteiger partial charge in [0.25, 0.3) is 0 Å². The molecule has 2 atom stereocenters. The smallest absolute Gasteiger partial charge is 0.249 e. The van der Waals surface area contributed by atoms with E-state index >= 15 is 0 Å². The number of carbonyl (C=O) groups is 2. The minimum absolute atomic E-state index is 0.200. The van der Waals surface area contributed by atoms with Gasteiger partial charge in [-0.3, -0.25) is 9.59 Å². The van der Waals surface area contributed by atoms with Gasteiger partial charge in [-0.15, -0.1) is 0 Å². The van der Waals surface area contributed by atoms with E-state index in [1.165, 1.54) is 24.3 Å². The summed E-state index contributed by atoms with van der Waals surface area (Å²) >= 11 is 0. The predicted octanol–water partition coefficient (Wildman–Crippen LogP) is 3.11. The number of carbonyl (C=O) groups excluding carboxylic acids is 2. The molecule has 3 aromatic carbocycles. The lowest BCUT2D eigenvalue weighted by Gasteiger charge is -2.23. The summed E-state index contributed by atoms with van der Waals surface area (Å²) in [6.45, 7) is -0.330. The van der Waals surface area contributed by atoms with Crippen molar-refractivity contribution in [3.05, 3.63) is 107 Å². The zero-order valence-electron chi connectivity index (χ0n) is 17.3. The van der Waals surface area contributed by atoms with Crippen molar-refractivity contribution in [2.24, 2.45) is 5.73 Å².